The van der Waals surface area contributed by atoms with Crippen LogP contribution in [0, 0.1) is 5.82 Å². The first-order chi connectivity index (χ1) is 15.6. The molecule has 0 bridgehead atoms. The van der Waals surface area contributed by atoms with Crippen molar-refractivity contribution in [2.75, 3.05) is 26.2 Å². The third kappa shape index (κ3) is 3.69. The summed E-state index contributed by atoms with van der Waals surface area (Å²) < 4.78 is 22.9. The van der Waals surface area contributed by atoms with Crippen molar-refractivity contribution >= 4 is 11.6 Å². The molecule has 2 aromatic heterocycles. The molecule has 2 saturated heterocycles. The van der Waals surface area contributed by atoms with Gasteiger partial charge in [-0.05, 0) is 55.0 Å². The Labute approximate surface area is 186 Å². The van der Waals surface area contributed by atoms with E-state index in [9.17, 15) is 9.18 Å². The molecule has 0 unspecified atom stereocenters. The second-order valence-corrected chi connectivity index (χ2v) is 9.41. The SMILES string of the molecule is O=C1COC2(CCN(Cc3ccc(-c4ccn5ccnc5c4)cc3F)CC2)CN1C1CC1. The average Bonchev–Trinajstić information content (AvgIpc) is 3.55. The van der Waals surface area contributed by atoms with E-state index in [4.69, 9.17) is 4.74 Å². The molecule has 0 N–H and O–H groups in total. The number of amides is 1. The number of halogens is 1. The van der Waals surface area contributed by atoms with E-state index >= 15 is 0 Å². The molecular weight excluding hydrogens is 407 g/mol. The predicted octanol–water partition coefficient (Wildman–Crippen LogP) is 3.50. The van der Waals surface area contributed by atoms with Crippen molar-refractivity contribution in [2.45, 2.75) is 43.9 Å². The van der Waals surface area contributed by atoms with E-state index in [1.54, 1.807) is 12.3 Å². The fourth-order valence-corrected chi connectivity index (χ4v) is 5.07. The third-order valence-electron chi connectivity index (χ3n) is 7.21. The Bertz CT molecular complexity index is 1160. The van der Waals surface area contributed by atoms with Gasteiger partial charge in [0.05, 0.1) is 12.1 Å². The maximum absolute atomic E-state index is 15.0. The van der Waals surface area contributed by atoms with Gasteiger partial charge < -0.3 is 14.0 Å². The fraction of sp³-hybridized carbons (Fsp3) is 0.440. The van der Waals surface area contributed by atoms with Crippen LogP contribution in [-0.2, 0) is 16.1 Å². The Morgan fingerprint density at radius 2 is 1.91 bits per heavy atom. The number of aromatic nitrogens is 2. The fourth-order valence-electron chi connectivity index (χ4n) is 5.07. The summed E-state index contributed by atoms with van der Waals surface area (Å²) in [6.45, 7) is 3.22. The van der Waals surface area contributed by atoms with Crippen LogP contribution in [0.3, 0.4) is 0 Å². The molecule has 1 aliphatic carbocycles. The smallest absolute Gasteiger partial charge is 0.248 e. The van der Waals surface area contributed by atoms with E-state index in [1.165, 1.54) is 0 Å². The largest absolute Gasteiger partial charge is 0.363 e. The van der Waals surface area contributed by atoms with Gasteiger partial charge in [0.15, 0.2) is 0 Å². The van der Waals surface area contributed by atoms with Crippen molar-refractivity contribution in [1.29, 1.82) is 0 Å². The van der Waals surface area contributed by atoms with E-state index in [-0.39, 0.29) is 23.9 Å². The lowest BCUT2D eigenvalue weighted by Gasteiger charge is -2.47. The summed E-state index contributed by atoms with van der Waals surface area (Å²) in [7, 11) is 0. The number of morpholine rings is 1. The van der Waals surface area contributed by atoms with Crippen molar-refractivity contribution < 1.29 is 13.9 Å². The van der Waals surface area contributed by atoms with Gasteiger partial charge in [-0.1, -0.05) is 12.1 Å². The van der Waals surface area contributed by atoms with Crippen LogP contribution in [0.15, 0.2) is 48.9 Å². The lowest BCUT2D eigenvalue weighted by molar-refractivity contribution is -0.172. The van der Waals surface area contributed by atoms with Crippen molar-refractivity contribution in [3.8, 4) is 11.1 Å². The number of ether oxygens (including phenoxy) is 1. The monoisotopic (exact) mass is 434 g/mol. The van der Waals surface area contributed by atoms with Crippen LogP contribution in [0.4, 0.5) is 4.39 Å². The van der Waals surface area contributed by atoms with E-state index in [0.29, 0.717) is 24.7 Å². The van der Waals surface area contributed by atoms with Crippen LogP contribution in [-0.4, -0.2) is 63.0 Å². The summed E-state index contributed by atoms with van der Waals surface area (Å²) in [5, 5.41) is 0. The number of piperidine rings is 1. The first-order valence-corrected chi connectivity index (χ1v) is 11.5. The van der Waals surface area contributed by atoms with E-state index in [1.807, 2.05) is 46.0 Å². The lowest BCUT2D eigenvalue weighted by atomic mass is 9.89. The predicted molar refractivity (Wildman–Crippen MR) is 119 cm³/mol. The molecular formula is C25H27FN4O2. The summed E-state index contributed by atoms with van der Waals surface area (Å²) in [5.41, 5.74) is 3.15. The lowest BCUT2D eigenvalue weighted by Crippen LogP contribution is -2.59. The standard InChI is InChI=1S/C25H27FN4O2/c26-22-13-18(19-5-9-29-12-8-27-23(29)14-19)1-2-20(22)15-28-10-6-25(7-11-28)17-30(21-3-4-21)24(31)16-32-25/h1-2,5,8-9,12-14,21H,3-4,6-7,10-11,15-17H2. The zero-order valence-corrected chi connectivity index (χ0v) is 18.0. The quantitative estimate of drug-likeness (QED) is 0.631. The van der Waals surface area contributed by atoms with E-state index in [0.717, 1.165) is 55.5 Å². The Balaban J connectivity index is 1.11. The van der Waals surface area contributed by atoms with Gasteiger partial charge in [-0.15, -0.1) is 0 Å². The summed E-state index contributed by atoms with van der Waals surface area (Å²) in [6, 6.07) is 9.89. The van der Waals surface area contributed by atoms with Crippen molar-refractivity contribution in [3.63, 3.8) is 0 Å². The maximum atomic E-state index is 15.0. The number of likely N-dealkylation sites (tertiary alicyclic amines) is 1. The number of carbonyl (C=O) groups is 1. The zero-order valence-electron chi connectivity index (χ0n) is 18.0. The minimum Gasteiger partial charge on any atom is -0.363 e. The van der Waals surface area contributed by atoms with Gasteiger partial charge in [-0.3, -0.25) is 9.69 Å². The summed E-state index contributed by atoms with van der Waals surface area (Å²) in [6.07, 6.45) is 9.61. The molecule has 0 radical (unpaired) electrons. The van der Waals surface area contributed by atoms with Gasteiger partial charge in [0.2, 0.25) is 5.91 Å². The molecule has 7 heteroatoms. The van der Waals surface area contributed by atoms with Crippen molar-refractivity contribution in [3.05, 3.63) is 60.3 Å². The van der Waals surface area contributed by atoms with E-state index in [2.05, 4.69) is 9.88 Å². The Kier molecular flexibility index (Phi) is 4.77. The van der Waals surface area contributed by atoms with Crippen LogP contribution in [0.2, 0.25) is 0 Å². The van der Waals surface area contributed by atoms with Crippen molar-refractivity contribution in [2.24, 2.45) is 0 Å². The molecule has 4 heterocycles. The highest BCUT2D eigenvalue weighted by Crippen LogP contribution is 2.36. The molecule has 6 nitrogen and oxygen atoms in total. The molecule has 1 spiro atoms. The second-order valence-electron chi connectivity index (χ2n) is 9.41. The zero-order chi connectivity index (χ0) is 21.7. The van der Waals surface area contributed by atoms with Gasteiger partial charge in [0.1, 0.15) is 18.1 Å². The molecule has 3 aliphatic rings. The van der Waals surface area contributed by atoms with Gasteiger partial charge in [-0.25, -0.2) is 9.37 Å². The van der Waals surface area contributed by atoms with Crippen molar-refractivity contribution in [1.82, 2.24) is 19.2 Å². The minimum atomic E-state index is -0.221. The number of hydrogen-bond acceptors (Lipinski definition) is 4. The highest BCUT2D eigenvalue weighted by atomic mass is 19.1. The number of hydrogen-bond donors (Lipinski definition) is 0. The van der Waals surface area contributed by atoms with Crippen LogP contribution in [0.1, 0.15) is 31.2 Å². The molecule has 3 fully saturated rings. The highest BCUT2D eigenvalue weighted by Gasteiger charge is 2.46. The summed E-state index contributed by atoms with van der Waals surface area (Å²) in [5.74, 6) is -0.0416. The Morgan fingerprint density at radius 3 is 2.69 bits per heavy atom. The number of carbonyl (C=O) groups excluding carboxylic acids is 1. The number of nitrogens with zero attached hydrogens (tertiary/aromatic N) is 4. The number of rotatable bonds is 4. The number of imidazole rings is 1. The molecule has 3 aromatic rings. The van der Waals surface area contributed by atoms with Crippen LogP contribution in [0.25, 0.3) is 16.8 Å². The second kappa shape index (κ2) is 7.67. The molecule has 6 rings (SSSR count). The van der Waals surface area contributed by atoms with Crippen LogP contribution < -0.4 is 0 Å². The van der Waals surface area contributed by atoms with Crippen LogP contribution >= 0.6 is 0 Å². The van der Waals surface area contributed by atoms with Gasteiger partial charge in [0.25, 0.3) is 0 Å². The highest BCUT2D eigenvalue weighted by molar-refractivity contribution is 5.79. The Hall–Kier alpha value is -2.77. The maximum Gasteiger partial charge on any atom is 0.248 e. The molecule has 2 aliphatic heterocycles. The summed E-state index contributed by atoms with van der Waals surface area (Å²) >= 11 is 0. The number of pyridine rings is 1. The molecule has 1 aromatic carbocycles. The topological polar surface area (TPSA) is 50.1 Å². The minimum absolute atomic E-state index is 0.134. The Morgan fingerprint density at radius 1 is 1.09 bits per heavy atom. The molecule has 166 valence electrons. The van der Waals surface area contributed by atoms with Crippen LogP contribution in [0.5, 0.6) is 0 Å². The van der Waals surface area contributed by atoms with Gasteiger partial charge >= 0.3 is 0 Å². The molecule has 1 amide bonds. The van der Waals surface area contributed by atoms with E-state index < -0.39 is 0 Å². The molecule has 32 heavy (non-hydrogen) atoms. The summed E-state index contributed by atoms with van der Waals surface area (Å²) in [4.78, 5) is 20.8. The number of benzene rings is 1. The molecule has 0 atom stereocenters. The normalized spacial score (nSPS) is 21.5. The average molecular weight is 435 g/mol. The third-order valence-corrected chi connectivity index (χ3v) is 7.21. The first kappa shape index (κ1) is 19.9. The van der Waals surface area contributed by atoms with Gasteiger partial charge in [0, 0.05) is 49.8 Å². The number of fused-ring (bicyclic) bond motifs is 1. The van der Waals surface area contributed by atoms with Gasteiger partial charge in [-0.2, -0.15) is 0 Å². The first-order valence-electron chi connectivity index (χ1n) is 11.5. The molecule has 1 saturated carbocycles.